The van der Waals surface area contributed by atoms with E-state index in [9.17, 15) is 5.26 Å². The highest BCUT2D eigenvalue weighted by atomic mass is 14.5. The summed E-state index contributed by atoms with van der Waals surface area (Å²) in [7, 11) is 0. The third-order valence-corrected chi connectivity index (χ3v) is 4.34. The number of rotatable bonds is 1. The summed E-state index contributed by atoms with van der Waals surface area (Å²) in [5.74, 6) is 0.488. The fraction of sp³-hybridized carbons (Fsp3) is 0.625. The molecule has 0 aromatic heterocycles. The third kappa shape index (κ3) is 2.34. The lowest BCUT2D eigenvalue weighted by Crippen LogP contribution is -2.36. The Bertz CT molecular complexity index is 490. The average molecular weight is 242 g/mol. The highest BCUT2D eigenvalue weighted by Crippen LogP contribution is 2.52. The molecule has 0 aliphatic heterocycles. The topological polar surface area (TPSA) is 47.6 Å². The zero-order valence-electron chi connectivity index (χ0n) is 12.3. The highest BCUT2D eigenvalue weighted by molar-refractivity contribution is 5.47. The highest BCUT2D eigenvalue weighted by Gasteiger charge is 2.43. The van der Waals surface area contributed by atoms with Crippen molar-refractivity contribution in [3.63, 3.8) is 0 Å². The van der Waals surface area contributed by atoms with Crippen LogP contribution in [0.1, 0.15) is 48.0 Å². The Morgan fingerprint density at radius 2 is 1.83 bits per heavy atom. The molecule has 0 bridgehead atoms. The van der Waals surface area contributed by atoms with Crippen molar-refractivity contribution in [3.05, 3.63) is 22.8 Å². The van der Waals surface area contributed by atoms with Crippen LogP contribution in [0.25, 0.3) is 0 Å². The minimum Gasteiger partial charge on any atom is -0.193 e. The Morgan fingerprint density at radius 3 is 2.28 bits per heavy atom. The summed E-state index contributed by atoms with van der Waals surface area (Å²) < 4.78 is 0. The largest absolute Gasteiger partial charge is 0.193 e. The molecule has 0 heterocycles. The summed E-state index contributed by atoms with van der Waals surface area (Å²) in [5.41, 5.74) is 2.37. The summed E-state index contributed by atoms with van der Waals surface area (Å²) in [6.45, 7) is 12.6. The molecule has 2 heteroatoms. The lowest BCUT2D eigenvalue weighted by Gasteiger charge is -2.45. The summed E-state index contributed by atoms with van der Waals surface area (Å²) in [5, 5.41) is 18.4. The molecule has 1 aliphatic carbocycles. The predicted molar refractivity (Wildman–Crippen MR) is 73.4 cm³/mol. The number of hydrogen-bond donors (Lipinski definition) is 0. The van der Waals surface area contributed by atoms with Crippen molar-refractivity contribution in [1.82, 2.24) is 0 Å². The Labute approximate surface area is 111 Å². The van der Waals surface area contributed by atoms with E-state index in [0.717, 1.165) is 17.6 Å². The molecule has 0 amide bonds. The minimum atomic E-state index is -0.106. The molecule has 96 valence electrons. The van der Waals surface area contributed by atoms with Gasteiger partial charge in [0.25, 0.3) is 0 Å². The van der Waals surface area contributed by atoms with Crippen LogP contribution >= 0.6 is 0 Å². The van der Waals surface area contributed by atoms with Crippen molar-refractivity contribution in [3.8, 4) is 12.1 Å². The molecular formula is C16H22N2. The van der Waals surface area contributed by atoms with Gasteiger partial charge in [0.15, 0.2) is 0 Å². The van der Waals surface area contributed by atoms with Gasteiger partial charge in [0.05, 0.1) is 12.1 Å². The Kier molecular flexibility index (Phi) is 3.72. The third-order valence-electron chi connectivity index (χ3n) is 4.34. The van der Waals surface area contributed by atoms with Gasteiger partial charge in [-0.05, 0) is 36.3 Å². The summed E-state index contributed by atoms with van der Waals surface area (Å²) >= 11 is 0. The van der Waals surface area contributed by atoms with Crippen LogP contribution in [-0.2, 0) is 0 Å². The first-order chi connectivity index (χ1) is 8.16. The van der Waals surface area contributed by atoms with E-state index in [4.69, 9.17) is 5.26 Å². The van der Waals surface area contributed by atoms with E-state index in [-0.39, 0.29) is 10.8 Å². The first-order valence-corrected chi connectivity index (χ1v) is 6.40. The Balaban J connectivity index is 3.57. The van der Waals surface area contributed by atoms with Gasteiger partial charge in [-0.1, -0.05) is 34.6 Å². The first kappa shape index (κ1) is 14.5. The lowest BCUT2D eigenvalue weighted by molar-refractivity contribution is 0.183. The van der Waals surface area contributed by atoms with E-state index in [1.807, 2.05) is 6.08 Å². The van der Waals surface area contributed by atoms with E-state index >= 15 is 0 Å². The van der Waals surface area contributed by atoms with Gasteiger partial charge >= 0.3 is 0 Å². The van der Waals surface area contributed by atoms with Crippen molar-refractivity contribution in [2.75, 3.05) is 0 Å². The fourth-order valence-corrected chi connectivity index (χ4v) is 2.79. The van der Waals surface area contributed by atoms with Crippen LogP contribution in [0.5, 0.6) is 0 Å². The molecule has 1 unspecified atom stereocenters. The van der Waals surface area contributed by atoms with Crippen LogP contribution < -0.4 is 0 Å². The maximum Gasteiger partial charge on any atom is 0.0955 e. The molecule has 1 aliphatic rings. The Morgan fingerprint density at radius 1 is 1.28 bits per heavy atom. The first-order valence-electron chi connectivity index (χ1n) is 6.40. The van der Waals surface area contributed by atoms with Crippen LogP contribution in [-0.4, -0.2) is 0 Å². The molecule has 0 N–H and O–H groups in total. The fourth-order valence-electron chi connectivity index (χ4n) is 2.79. The van der Waals surface area contributed by atoms with E-state index < -0.39 is 0 Å². The number of nitrogens with zero attached hydrogens (tertiary/aromatic N) is 2. The zero-order chi connectivity index (χ0) is 14.1. The molecule has 0 aromatic rings. The maximum atomic E-state index is 9.48. The van der Waals surface area contributed by atoms with Crippen molar-refractivity contribution in [2.24, 2.45) is 16.7 Å². The average Bonchev–Trinajstić information content (AvgIpc) is 2.25. The monoisotopic (exact) mass is 242 g/mol. The minimum absolute atomic E-state index is 0.0569. The molecule has 0 radical (unpaired) electrons. The van der Waals surface area contributed by atoms with E-state index in [0.29, 0.717) is 11.5 Å². The summed E-state index contributed by atoms with van der Waals surface area (Å²) in [6, 6.07) is 4.53. The van der Waals surface area contributed by atoms with Crippen LogP contribution in [0, 0.1) is 39.4 Å². The zero-order valence-corrected chi connectivity index (χ0v) is 12.3. The smallest absolute Gasteiger partial charge is 0.0955 e. The molecule has 18 heavy (non-hydrogen) atoms. The Hall–Kier alpha value is -1.54. The quantitative estimate of drug-likeness (QED) is 0.641. The van der Waals surface area contributed by atoms with E-state index in [2.05, 4.69) is 46.8 Å². The van der Waals surface area contributed by atoms with Gasteiger partial charge in [0.1, 0.15) is 0 Å². The molecule has 1 atom stereocenters. The SMILES string of the molecule is C/C(C#N)=C/C1=C(C#N)C(C)(C)CC(C)C1(C)C. The predicted octanol–water partition coefficient (Wildman–Crippen LogP) is 4.37. The summed E-state index contributed by atoms with van der Waals surface area (Å²) in [4.78, 5) is 0. The van der Waals surface area contributed by atoms with Crippen molar-refractivity contribution >= 4 is 0 Å². The number of hydrogen-bond acceptors (Lipinski definition) is 2. The van der Waals surface area contributed by atoms with Gasteiger partial charge < -0.3 is 0 Å². The normalized spacial score (nSPS) is 26.4. The molecular weight excluding hydrogens is 220 g/mol. The van der Waals surface area contributed by atoms with E-state index in [1.165, 1.54) is 0 Å². The standard InChI is InChI=1S/C16H22N2/c1-11(9-17)7-13-14(10-18)15(3,4)8-12(2)16(13,5)6/h7,12H,8H2,1-6H3/b11-7-. The molecule has 0 fully saturated rings. The second kappa shape index (κ2) is 4.62. The van der Waals surface area contributed by atoms with Gasteiger partial charge in [0, 0.05) is 16.6 Å². The van der Waals surface area contributed by atoms with E-state index in [1.54, 1.807) is 6.92 Å². The number of allylic oxidation sites excluding steroid dienone is 4. The lowest BCUT2D eigenvalue weighted by atomic mass is 9.58. The second-order valence-electron chi connectivity index (χ2n) is 6.55. The summed E-state index contributed by atoms with van der Waals surface area (Å²) in [6.07, 6.45) is 2.90. The van der Waals surface area contributed by atoms with Crippen molar-refractivity contribution in [2.45, 2.75) is 48.0 Å². The van der Waals surface area contributed by atoms with Crippen LogP contribution in [0.15, 0.2) is 22.8 Å². The van der Waals surface area contributed by atoms with Gasteiger partial charge in [-0.25, -0.2) is 0 Å². The molecule has 0 spiro atoms. The van der Waals surface area contributed by atoms with Gasteiger partial charge in [0.2, 0.25) is 0 Å². The molecule has 0 saturated carbocycles. The van der Waals surface area contributed by atoms with Crippen LogP contribution in [0.2, 0.25) is 0 Å². The molecule has 0 aromatic carbocycles. The van der Waals surface area contributed by atoms with Gasteiger partial charge in [-0.15, -0.1) is 0 Å². The van der Waals surface area contributed by atoms with Gasteiger partial charge in [-0.3, -0.25) is 0 Å². The van der Waals surface area contributed by atoms with Gasteiger partial charge in [-0.2, -0.15) is 10.5 Å². The maximum absolute atomic E-state index is 9.48. The van der Waals surface area contributed by atoms with Crippen molar-refractivity contribution in [1.29, 1.82) is 10.5 Å². The second-order valence-corrected chi connectivity index (χ2v) is 6.55. The molecule has 2 nitrogen and oxygen atoms in total. The number of nitriles is 2. The van der Waals surface area contributed by atoms with Crippen LogP contribution in [0.3, 0.4) is 0 Å². The molecule has 1 rings (SSSR count). The van der Waals surface area contributed by atoms with Crippen LogP contribution in [0.4, 0.5) is 0 Å². The molecule has 0 saturated heterocycles. The van der Waals surface area contributed by atoms with Crippen molar-refractivity contribution < 1.29 is 0 Å².